The maximum Gasteiger partial charge on any atom is 0.309 e. The zero-order chi connectivity index (χ0) is 14.0. The summed E-state index contributed by atoms with van der Waals surface area (Å²) in [4.78, 5) is 24.6. The van der Waals surface area contributed by atoms with Gasteiger partial charge in [-0.05, 0) is 12.5 Å². The van der Waals surface area contributed by atoms with E-state index in [1.807, 2.05) is 37.3 Å². The van der Waals surface area contributed by atoms with Gasteiger partial charge in [0.15, 0.2) is 0 Å². The lowest BCUT2D eigenvalue weighted by Gasteiger charge is -2.31. The smallest absolute Gasteiger partial charge is 0.309 e. The summed E-state index contributed by atoms with van der Waals surface area (Å²) < 4.78 is 0. The fourth-order valence-corrected chi connectivity index (χ4v) is 2.67. The standard InChI is InChI=1S/C14H17NO4/c1-9(10-5-3-2-4-6-10)15-12(8-16)11(14(18)19)7-13(15)17/h2-6,9,11-12,16H,7-8H2,1H3,(H,18,19)/t9-,11+,12?/m1/s1. The van der Waals surface area contributed by atoms with E-state index < -0.39 is 17.9 Å². The van der Waals surface area contributed by atoms with Gasteiger partial charge in [0.25, 0.3) is 0 Å². The van der Waals surface area contributed by atoms with Gasteiger partial charge in [0.05, 0.1) is 24.6 Å². The van der Waals surface area contributed by atoms with Crippen LogP contribution in [0.3, 0.4) is 0 Å². The number of nitrogens with zero attached hydrogens (tertiary/aromatic N) is 1. The van der Waals surface area contributed by atoms with Gasteiger partial charge >= 0.3 is 5.97 Å². The Morgan fingerprint density at radius 1 is 1.42 bits per heavy atom. The van der Waals surface area contributed by atoms with Crippen LogP contribution in [0.2, 0.25) is 0 Å². The number of hydrogen-bond acceptors (Lipinski definition) is 3. The second-order valence-corrected chi connectivity index (χ2v) is 4.79. The lowest BCUT2D eigenvalue weighted by molar-refractivity contribution is -0.143. The zero-order valence-corrected chi connectivity index (χ0v) is 10.7. The molecule has 1 aliphatic rings. The van der Waals surface area contributed by atoms with Crippen molar-refractivity contribution in [3.05, 3.63) is 35.9 Å². The molecule has 1 aromatic rings. The molecule has 1 aromatic carbocycles. The van der Waals surface area contributed by atoms with Gasteiger partial charge in [-0.25, -0.2) is 0 Å². The highest BCUT2D eigenvalue weighted by Gasteiger charge is 2.45. The third kappa shape index (κ3) is 2.46. The molecule has 5 heteroatoms. The number of aliphatic hydroxyl groups is 1. The summed E-state index contributed by atoms with van der Waals surface area (Å²) in [5.41, 5.74) is 0.931. The molecule has 1 heterocycles. The van der Waals surface area contributed by atoms with Gasteiger partial charge < -0.3 is 15.1 Å². The Bertz CT molecular complexity index is 474. The van der Waals surface area contributed by atoms with E-state index in [0.717, 1.165) is 5.56 Å². The van der Waals surface area contributed by atoms with Crippen molar-refractivity contribution in [3.63, 3.8) is 0 Å². The number of carboxylic acids is 1. The van der Waals surface area contributed by atoms with E-state index >= 15 is 0 Å². The number of rotatable bonds is 4. The molecule has 0 saturated carbocycles. The fraction of sp³-hybridized carbons (Fsp3) is 0.429. The molecule has 19 heavy (non-hydrogen) atoms. The second kappa shape index (κ2) is 5.40. The number of carbonyl (C=O) groups excluding carboxylic acids is 1. The number of benzene rings is 1. The van der Waals surface area contributed by atoms with Crippen molar-refractivity contribution in [2.24, 2.45) is 5.92 Å². The van der Waals surface area contributed by atoms with E-state index in [1.165, 1.54) is 4.90 Å². The second-order valence-electron chi connectivity index (χ2n) is 4.79. The minimum absolute atomic E-state index is 0.0439. The van der Waals surface area contributed by atoms with Gasteiger partial charge in [-0.1, -0.05) is 30.3 Å². The van der Waals surface area contributed by atoms with Gasteiger partial charge in [-0.15, -0.1) is 0 Å². The predicted octanol–water partition coefficient (Wildman–Crippen LogP) is 1.04. The summed E-state index contributed by atoms with van der Waals surface area (Å²) in [6.07, 6.45) is -0.0439. The summed E-state index contributed by atoms with van der Waals surface area (Å²) in [6.45, 7) is 1.51. The minimum Gasteiger partial charge on any atom is -0.481 e. The van der Waals surface area contributed by atoms with E-state index in [4.69, 9.17) is 5.11 Å². The van der Waals surface area contributed by atoms with Crippen LogP contribution in [0.5, 0.6) is 0 Å². The van der Waals surface area contributed by atoms with Crippen LogP contribution < -0.4 is 0 Å². The Labute approximate surface area is 111 Å². The highest BCUT2D eigenvalue weighted by atomic mass is 16.4. The maximum absolute atomic E-state index is 12.0. The molecule has 0 radical (unpaired) electrons. The number of carboxylic acid groups (broad SMARTS) is 1. The average Bonchev–Trinajstić information content (AvgIpc) is 2.76. The molecule has 0 aliphatic carbocycles. The van der Waals surface area contributed by atoms with Gasteiger partial charge in [-0.2, -0.15) is 0 Å². The Kier molecular flexibility index (Phi) is 3.85. The topological polar surface area (TPSA) is 77.8 Å². The molecule has 5 nitrogen and oxygen atoms in total. The Morgan fingerprint density at radius 3 is 2.58 bits per heavy atom. The molecule has 1 unspecified atom stereocenters. The largest absolute Gasteiger partial charge is 0.481 e. The zero-order valence-electron chi connectivity index (χ0n) is 10.7. The first-order valence-corrected chi connectivity index (χ1v) is 6.26. The van der Waals surface area contributed by atoms with Crippen LogP contribution in [0.1, 0.15) is 24.9 Å². The Balaban J connectivity index is 2.28. The van der Waals surface area contributed by atoms with Crippen molar-refractivity contribution < 1.29 is 19.8 Å². The van der Waals surface area contributed by atoms with Crippen LogP contribution in [0.4, 0.5) is 0 Å². The van der Waals surface area contributed by atoms with Crippen molar-refractivity contribution in [2.75, 3.05) is 6.61 Å². The summed E-state index contributed by atoms with van der Waals surface area (Å²) in [5, 5.41) is 18.5. The quantitative estimate of drug-likeness (QED) is 0.851. The first-order chi connectivity index (χ1) is 9.06. The summed E-state index contributed by atoms with van der Waals surface area (Å²) in [7, 11) is 0. The first-order valence-electron chi connectivity index (χ1n) is 6.26. The molecule has 1 amide bonds. The highest BCUT2D eigenvalue weighted by molar-refractivity contribution is 5.87. The summed E-state index contributed by atoms with van der Waals surface area (Å²) in [5.74, 6) is -2.08. The van der Waals surface area contributed by atoms with E-state index in [0.29, 0.717) is 0 Å². The van der Waals surface area contributed by atoms with E-state index in [9.17, 15) is 14.7 Å². The van der Waals surface area contributed by atoms with Crippen molar-refractivity contribution in [2.45, 2.75) is 25.4 Å². The maximum atomic E-state index is 12.0. The number of aliphatic hydroxyl groups excluding tert-OH is 1. The van der Waals surface area contributed by atoms with Crippen LogP contribution in [0.25, 0.3) is 0 Å². The molecule has 1 aliphatic heterocycles. The van der Waals surface area contributed by atoms with Crippen LogP contribution in [-0.2, 0) is 9.59 Å². The molecule has 0 aromatic heterocycles. The first kappa shape index (κ1) is 13.5. The molecule has 2 N–H and O–H groups in total. The molecule has 0 bridgehead atoms. The number of carbonyl (C=O) groups is 2. The van der Waals surface area contributed by atoms with Gasteiger partial charge in [-0.3, -0.25) is 9.59 Å². The minimum atomic E-state index is -1.03. The third-order valence-electron chi connectivity index (χ3n) is 3.71. The Hall–Kier alpha value is -1.88. The normalized spacial score (nSPS) is 24.5. The molecular formula is C14H17NO4. The molecule has 1 fully saturated rings. The summed E-state index contributed by atoms with van der Waals surface area (Å²) >= 11 is 0. The van der Waals surface area contributed by atoms with Crippen molar-refractivity contribution in [3.8, 4) is 0 Å². The van der Waals surface area contributed by atoms with E-state index in [1.54, 1.807) is 0 Å². The lowest BCUT2D eigenvalue weighted by Crippen LogP contribution is -2.41. The van der Waals surface area contributed by atoms with Crippen molar-refractivity contribution in [1.82, 2.24) is 4.90 Å². The number of likely N-dealkylation sites (tertiary alicyclic amines) is 1. The van der Waals surface area contributed by atoms with E-state index in [-0.39, 0.29) is 25.0 Å². The predicted molar refractivity (Wildman–Crippen MR) is 68.3 cm³/mol. The van der Waals surface area contributed by atoms with Gasteiger partial charge in [0, 0.05) is 6.42 Å². The monoisotopic (exact) mass is 263 g/mol. The third-order valence-corrected chi connectivity index (χ3v) is 3.71. The Morgan fingerprint density at radius 2 is 2.05 bits per heavy atom. The van der Waals surface area contributed by atoms with Crippen molar-refractivity contribution in [1.29, 1.82) is 0 Å². The fourth-order valence-electron chi connectivity index (χ4n) is 2.67. The number of hydrogen-bond donors (Lipinski definition) is 2. The van der Waals surface area contributed by atoms with Crippen molar-refractivity contribution >= 4 is 11.9 Å². The highest BCUT2D eigenvalue weighted by Crippen LogP contribution is 2.33. The number of aliphatic carboxylic acids is 1. The van der Waals surface area contributed by atoms with Gasteiger partial charge in [0.2, 0.25) is 5.91 Å². The molecule has 3 atom stereocenters. The average molecular weight is 263 g/mol. The van der Waals surface area contributed by atoms with Crippen LogP contribution in [0.15, 0.2) is 30.3 Å². The lowest BCUT2D eigenvalue weighted by atomic mass is 10.00. The molecule has 1 saturated heterocycles. The SMILES string of the molecule is C[C@H](c1ccccc1)N1C(=O)C[C@H](C(=O)O)C1CO. The molecule has 2 rings (SSSR count). The van der Waals surface area contributed by atoms with Crippen LogP contribution in [-0.4, -0.2) is 39.6 Å². The molecule has 0 spiro atoms. The summed E-state index contributed by atoms with van der Waals surface area (Å²) in [6, 6.07) is 8.51. The molecular weight excluding hydrogens is 246 g/mol. The van der Waals surface area contributed by atoms with Crippen LogP contribution in [0, 0.1) is 5.92 Å². The number of amides is 1. The van der Waals surface area contributed by atoms with E-state index in [2.05, 4.69) is 0 Å². The molecule has 102 valence electrons. The van der Waals surface area contributed by atoms with Gasteiger partial charge in [0.1, 0.15) is 0 Å². The van der Waals surface area contributed by atoms with Crippen LogP contribution >= 0.6 is 0 Å².